The van der Waals surface area contributed by atoms with Crippen LogP contribution in [-0.2, 0) is 4.79 Å². The molecule has 1 N–H and O–H groups in total. The quantitative estimate of drug-likeness (QED) is 0.806. The zero-order valence-corrected chi connectivity index (χ0v) is 9.40. The molecular formula is C9H11NO2S2. The van der Waals surface area contributed by atoms with Gasteiger partial charge in [-0.05, 0) is 25.7 Å². The summed E-state index contributed by atoms with van der Waals surface area (Å²) < 4.78 is 0.166. The first-order valence-electron chi connectivity index (χ1n) is 4.45. The number of hydrogen-bond acceptors (Lipinski definition) is 4. The predicted octanol–water partition coefficient (Wildman–Crippen LogP) is 2.49. The van der Waals surface area contributed by atoms with Crippen LogP contribution in [0.3, 0.4) is 0 Å². The van der Waals surface area contributed by atoms with Crippen molar-refractivity contribution >= 4 is 29.1 Å². The summed E-state index contributed by atoms with van der Waals surface area (Å²) in [5.74, 6) is -0.408. The Balaban J connectivity index is 2.15. The number of carboxylic acids is 1. The lowest BCUT2D eigenvalue weighted by Gasteiger charge is -2.22. The van der Waals surface area contributed by atoms with Gasteiger partial charge in [0.15, 0.2) is 4.34 Å². The van der Waals surface area contributed by atoms with Crippen molar-refractivity contribution in [2.24, 2.45) is 5.92 Å². The third kappa shape index (κ3) is 1.79. The van der Waals surface area contributed by atoms with Gasteiger partial charge in [-0.15, -0.1) is 11.3 Å². The minimum Gasteiger partial charge on any atom is -0.480 e. The second kappa shape index (κ2) is 3.55. The highest BCUT2D eigenvalue weighted by atomic mass is 32.2. The van der Waals surface area contributed by atoms with Crippen molar-refractivity contribution in [3.05, 3.63) is 11.6 Å². The van der Waals surface area contributed by atoms with E-state index >= 15 is 0 Å². The van der Waals surface area contributed by atoms with Gasteiger partial charge in [0.2, 0.25) is 0 Å². The summed E-state index contributed by atoms with van der Waals surface area (Å²) in [6, 6.07) is 0. The number of aromatic nitrogens is 1. The van der Waals surface area contributed by atoms with Gasteiger partial charge in [-0.25, -0.2) is 4.98 Å². The Morgan fingerprint density at radius 1 is 1.79 bits per heavy atom. The van der Waals surface area contributed by atoms with Gasteiger partial charge < -0.3 is 5.11 Å². The van der Waals surface area contributed by atoms with E-state index in [0.29, 0.717) is 5.92 Å². The molecule has 1 atom stereocenters. The third-order valence-electron chi connectivity index (χ3n) is 2.49. The maximum atomic E-state index is 11.2. The minimum absolute atomic E-state index is 0.314. The first kappa shape index (κ1) is 9.98. The van der Waals surface area contributed by atoms with Crippen LogP contribution in [0.4, 0.5) is 0 Å². The SMILES string of the molecule is CC(Sc1nccs1)(C(=O)O)C1CC1. The van der Waals surface area contributed by atoms with Crippen LogP contribution in [0.1, 0.15) is 19.8 Å². The Morgan fingerprint density at radius 2 is 2.50 bits per heavy atom. The van der Waals surface area contributed by atoms with E-state index < -0.39 is 10.7 Å². The van der Waals surface area contributed by atoms with Crippen LogP contribution in [0, 0.1) is 5.92 Å². The van der Waals surface area contributed by atoms with Gasteiger partial charge in [-0.3, -0.25) is 4.79 Å². The van der Waals surface area contributed by atoms with Crippen molar-refractivity contribution in [3.8, 4) is 0 Å². The topological polar surface area (TPSA) is 50.2 Å². The molecule has 1 saturated carbocycles. The molecule has 0 radical (unpaired) electrons. The lowest BCUT2D eigenvalue weighted by atomic mass is 10.1. The van der Waals surface area contributed by atoms with Crippen LogP contribution in [0.25, 0.3) is 0 Å². The first-order valence-corrected chi connectivity index (χ1v) is 6.14. The zero-order valence-electron chi connectivity index (χ0n) is 7.77. The van der Waals surface area contributed by atoms with Gasteiger partial charge in [0, 0.05) is 11.6 Å². The van der Waals surface area contributed by atoms with Crippen molar-refractivity contribution in [2.45, 2.75) is 28.9 Å². The van der Waals surface area contributed by atoms with Gasteiger partial charge >= 0.3 is 5.97 Å². The van der Waals surface area contributed by atoms with Gasteiger partial charge in [0.25, 0.3) is 0 Å². The Labute approximate surface area is 90.6 Å². The van der Waals surface area contributed by atoms with Gasteiger partial charge in [-0.2, -0.15) is 0 Å². The molecule has 1 aromatic heterocycles. The van der Waals surface area contributed by atoms with Crippen LogP contribution in [0.5, 0.6) is 0 Å². The zero-order chi connectivity index (χ0) is 10.2. The smallest absolute Gasteiger partial charge is 0.320 e. The highest BCUT2D eigenvalue weighted by Crippen LogP contribution is 2.50. The number of aliphatic carboxylic acids is 1. The summed E-state index contributed by atoms with van der Waals surface area (Å²) in [5.41, 5.74) is 0. The Bertz CT molecular complexity index is 335. The highest BCUT2D eigenvalue weighted by Gasteiger charge is 2.48. The van der Waals surface area contributed by atoms with Crippen LogP contribution in [-0.4, -0.2) is 20.8 Å². The Hall–Kier alpha value is -0.550. The van der Waals surface area contributed by atoms with E-state index in [4.69, 9.17) is 0 Å². The van der Waals surface area contributed by atoms with Gasteiger partial charge in [0.05, 0.1) is 0 Å². The molecule has 1 aromatic rings. The van der Waals surface area contributed by atoms with E-state index in [2.05, 4.69) is 4.98 Å². The van der Waals surface area contributed by atoms with E-state index in [1.807, 2.05) is 5.38 Å². The molecule has 0 amide bonds. The third-order valence-corrected chi connectivity index (χ3v) is 4.81. The maximum absolute atomic E-state index is 11.2. The van der Waals surface area contributed by atoms with E-state index in [1.165, 1.54) is 23.1 Å². The number of thiazole rings is 1. The van der Waals surface area contributed by atoms with Gasteiger partial charge in [-0.1, -0.05) is 11.8 Å². The Morgan fingerprint density at radius 3 is 2.93 bits per heavy atom. The number of carbonyl (C=O) groups is 1. The fourth-order valence-corrected chi connectivity index (χ4v) is 3.58. The molecule has 3 nitrogen and oxygen atoms in total. The average molecular weight is 229 g/mol. The van der Waals surface area contributed by atoms with Crippen molar-refractivity contribution < 1.29 is 9.90 Å². The molecule has 0 aromatic carbocycles. The van der Waals surface area contributed by atoms with Gasteiger partial charge in [0.1, 0.15) is 4.75 Å². The molecule has 1 aliphatic rings. The number of hydrogen-bond donors (Lipinski definition) is 1. The number of carboxylic acid groups (broad SMARTS) is 1. The van der Waals surface area contributed by atoms with E-state index in [9.17, 15) is 9.90 Å². The highest BCUT2D eigenvalue weighted by molar-refractivity contribution is 8.03. The molecule has 1 fully saturated rings. The molecule has 14 heavy (non-hydrogen) atoms. The first-order chi connectivity index (χ1) is 6.63. The number of rotatable bonds is 4. The number of thioether (sulfide) groups is 1. The monoisotopic (exact) mass is 229 g/mol. The molecule has 1 aliphatic carbocycles. The summed E-state index contributed by atoms with van der Waals surface area (Å²) in [6.07, 6.45) is 3.77. The second-order valence-electron chi connectivity index (χ2n) is 3.59. The fraction of sp³-hybridized carbons (Fsp3) is 0.556. The lowest BCUT2D eigenvalue weighted by Crippen LogP contribution is -2.33. The fourth-order valence-electron chi connectivity index (χ4n) is 1.38. The molecule has 2 rings (SSSR count). The summed E-state index contributed by atoms with van der Waals surface area (Å²) in [5, 5.41) is 11.1. The van der Waals surface area contributed by atoms with E-state index in [-0.39, 0.29) is 0 Å². The molecular weight excluding hydrogens is 218 g/mol. The summed E-state index contributed by atoms with van der Waals surface area (Å²) >= 11 is 2.89. The van der Waals surface area contributed by atoms with Crippen LogP contribution in [0.15, 0.2) is 15.9 Å². The summed E-state index contributed by atoms with van der Waals surface area (Å²) in [7, 11) is 0. The molecule has 1 heterocycles. The maximum Gasteiger partial charge on any atom is 0.320 e. The standard InChI is InChI=1S/C9H11NO2S2/c1-9(7(11)12,6-2-3-6)14-8-10-4-5-13-8/h4-6H,2-3H2,1H3,(H,11,12). The summed E-state index contributed by atoms with van der Waals surface area (Å²) in [4.78, 5) is 15.3. The Kier molecular flexibility index (Phi) is 2.53. The van der Waals surface area contributed by atoms with Crippen molar-refractivity contribution in [1.29, 1.82) is 0 Å². The second-order valence-corrected chi connectivity index (χ2v) is 6.18. The lowest BCUT2D eigenvalue weighted by molar-refractivity contribution is -0.139. The molecule has 5 heteroatoms. The van der Waals surface area contributed by atoms with E-state index in [1.54, 1.807) is 13.1 Å². The number of nitrogens with zero attached hydrogens (tertiary/aromatic N) is 1. The van der Waals surface area contributed by atoms with Crippen LogP contribution < -0.4 is 0 Å². The summed E-state index contributed by atoms with van der Waals surface area (Å²) in [6.45, 7) is 1.80. The van der Waals surface area contributed by atoms with E-state index in [0.717, 1.165) is 17.2 Å². The normalized spacial score (nSPS) is 20.4. The van der Waals surface area contributed by atoms with Crippen molar-refractivity contribution in [1.82, 2.24) is 4.98 Å². The predicted molar refractivity (Wildman–Crippen MR) is 56.7 cm³/mol. The van der Waals surface area contributed by atoms with Crippen LogP contribution in [0.2, 0.25) is 0 Å². The molecule has 0 aliphatic heterocycles. The molecule has 76 valence electrons. The van der Waals surface area contributed by atoms with Crippen molar-refractivity contribution in [2.75, 3.05) is 0 Å². The molecule has 1 unspecified atom stereocenters. The minimum atomic E-state index is -0.722. The molecule has 0 spiro atoms. The largest absolute Gasteiger partial charge is 0.480 e. The average Bonchev–Trinajstić information content (AvgIpc) is 2.87. The molecule has 0 saturated heterocycles. The van der Waals surface area contributed by atoms with Crippen molar-refractivity contribution in [3.63, 3.8) is 0 Å². The molecule has 0 bridgehead atoms. The van der Waals surface area contributed by atoms with Crippen LogP contribution >= 0.6 is 23.1 Å².